The second-order valence-corrected chi connectivity index (χ2v) is 9.94. The highest BCUT2D eigenvalue weighted by atomic mass is 16.5. The first kappa shape index (κ1) is 23.4. The van der Waals surface area contributed by atoms with E-state index in [1.54, 1.807) is 0 Å². The van der Waals surface area contributed by atoms with Gasteiger partial charge in [0.15, 0.2) is 0 Å². The van der Waals surface area contributed by atoms with Crippen molar-refractivity contribution < 1.29 is 14.3 Å². The highest BCUT2D eigenvalue weighted by Crippen LogP contribution is 2.49. The second kappa shape index (κ2) is 10.5. The topological polar surface area (TPSA) is 64.8 Å². The van der Waals surface area contributed by atoms with E-state index in [9.17, 15) is 4.79 Å². The Kier molecular flexibility index (Phi) is 7.05. The Hall–Kier alpha value is -3.31. The van der Waals surface area contributed by atoms with Crippen LogP contribution in [0.1, 0.15) is 48.8 Å². The molecular weight excluding hydrogens is 436 g/mol. The number of hydrogen-bond acceptors (Lipinski definition) is 5. The van der Waals surface area contributed by atoms with Gasteiger partial charge in [0.1, 0.15) is 19.0 Å². The zero-order chi connectivity index (χ0) is 24.1. The number of nitrogens with zero attached hydrogens (tertiary/aromatic N) is 1. The SMILES string of the molecule is NCc1cccc(-c2cc(COc3ccccc3COC=O)cc(N3CCC4(CCC4)CC3)c2)c1. The fourth-order valence-electron chi connectivity index (χ4n) is 5.45. The van der Waals surface area contributed by atoms with E-state index in [1.165, 1.54) is 48.9 Å². The standard InChI is InChI=1S/C30H34N2O3/c31-19-23-5-3-7-25(15-23)27-16-24(20-35-29-8-2-1-6-26(29)21-34-22-33)17-28(18-27)32-13-11-30(12-14-32)9-4-10-30/h1-3,5-8,15-18,22H,4,9-14,19-21,31H2. The molecule has 5 rings (SSSR count). The number of para-hydroxylation sites is 1. The van der Waals surface area contributed by atoms with Crippen molar-refractivity contribution in [3.8, 4) is 16.9 Å². The van der Waals surface area contributed by atoms with Crippen LogP contribution in [0.5, 0.6) is 5.75 Å². The monoisotopic (exact) mass is 470 g/mol. The lowest BCUT2D eigenvalue weighted by Gasteiger charge is -2.48. The van der Waals surface area contributed by atoms with Gasteiger partial charge in [-0.05, 0) is 83.7 Å². The molecule has 2 aliphatic rings. The Morgan fingerprint density at radius 2 is 1.66 bits per heavy atom. The van der Waals surface area contributed by atoms with Gasteiger partial charge in [0, 0.05) is 30.9 Å². The summed E-state index contributed by atoms with van der Waals surface area (Å²) in [4.78, 5) is 13.2. The molecule has 1 aliphatic carbocycles. The van der Waals surface area contributed by atoms with Crippen LogP contribution in [0.3, 0.4) is 0 Å². The molecule has 1 saturated carbocycles. The third-order valence-electron chi connectivity index (χ3n) is 7.75. The number of piperidine rings is 1. The number of hydrogen-bond donors (Lipinski definition) is 1. The van der Waals surface area contributed by atoms with E-state index >= 15 is 0 Å². The van der Waals surface area contributed by atoms with Crippen molar-refractivity contribution in [3.63, 3.8) is 0 Å². The summed E-state index contributed by atoms with van der Waals surface area (Å²) in [6.07, 6.45) is 6.78. The lowest BCUT2D eigenvalue weighted by molar-refractivity contribution is -0.129. The summed E-state index contributed by atoms with van der Waals surface area (Å²) in [5, 5.41) is 0. The normalized spacial score (nSPS) is 16.5. The summed E-state index contributed by atoms with van der Waals surface area (Å²) in [6, 6.07) is 22.9. The van der Waals surface area contributed by atoms with Crippen LogP contribution in [0.2, 0.25) is 0 Å². The molecule has 5 nitrogen and oxygen atoms in total. The molecule has 2 fully saturated rings. The van der Waals surface area contributed by atoms with Crippen molar-refractivity contribution >= 4 is 12.2 Å². The lowest BCUT2D eigenvalue weighted by atomic mass is 9.63. The molecule has 0 bridgehead atoms. The fraction of sp³-hybridized carbons (Fsp3) is 0.367. The minimum Gasteiger partial charge on any atom is -0.488 e. The summed E-state index contributed by atoms with van der Waals surface area (Å²) in [7, 11) is 0. The van der Waals surface area contributed by atoms with Crippen molar-refractivity contribution in [1.82, 2.24) is 0 Å². The minimum absolute atomic E-state index is 0.201. The maximum absolute atomic E-state index is 10.7. The average molecular weight is 471 g/mol. The van der Waals surface area contributed by atoms with Crippen molar-refractivity contribution in [2.45, 2.75) is 51.9 Å². The van der Waals surface area contributed by atoms with Gasteiger partial charge >= 0.3 is 0 Å². The molecule has 0 atom stereocenters. The van der Waals surface area contributed by atoms with E-state index in [0.717, 1.165) is 35.5 Å². The molecule has 0 aromatic heterocycles. The predicted molar refractivity (Wildman–Crippen MR) is 139 cm³/mol. The molecule has 0 amide bonds. The molecule has 2 N–H and O–H groups in total. The zero-order valence-corrected chi connectivity index (χ0v) is 20.2. The molecule has 1 saturated heterocycles. The molecule has 0 unspecified atom stereocenters. The third-order valence-corrected chi connectivity index (χ3v) is 7.75. The first-order valence-electron chi connectivity index (χ1n) is 12.6. The molecule has 5 heteroatoms. The van der Waals surface area contributed by atoms with Gasteiger partial charge < -0.3 is 20.1 Å². The Labute approximate surface area is 207 Å². The van der Waals surface area contributed by atoms with Crippen LogP contribution >= 0.6 is 0 Å². The number of carbonyl (C=O) groups is 1. The Bertz CT molecular complexity index is 1160. The van der Waals surface area contributed by atoms with Crippen molar-refractivity contribution in [3.05, 3.63) is 83.4 Å². The Morgan fingerprint density at radius 1 is 0.857 bits per heavy atom. The molecular formula is C30H34N2O3. The van der Waals surface area contributed by atoms with Crippen molar-refractivity contribution in [2.24, 2.45) is 11.1 Å². The second-order valence-electron chi connectivity index (χ2n) is 9.94. The number of anilines is 1. The maximum Gasteiger partial charge on any atom is 0.293 e. The number of nitrogens with two attached hydrogens (primary N) is 1. The molecule has 1 heterocycles. The average Bonchev–Trinajstić information content (AvgIpc) is 2.90. The van der Waals surface area contributed by atoms with E-state index in [-0.39, 0.29) is 6.61 Å². The van der Waals surface area contributed by atoms with E-state index in [1.807, 2.05) is 24.3 Å². The molecule has 3 aromatic rings. The van der Waals surface area contributed by atoms with Gasteiger partial charge in [-0.15, -0.1) is 0 Å². The highest BCUT2D eigenvalue weighted by Gasteiger charge is 2.39. The third kappa shape index (κ3) is 5.35. The first-order valence-corrected chi connectivity index (χ1v) is 12.6. The summed E-state index contributed by atoms with van der Waals surface area (Å²) in [5.74, 6) is 0.733. The number of carbonyl (C=O) groups excluding carboxylic acids is 1. The molecule has 0 radical (unpaired) electrons. The summed E-state index contributed by atoms with van der Waals surface area (Å²) in [6.45, 7) is 3.85. The van der Waals surface area contributed by atoms with Gasteiger partial charge in [0.25, 0.3) is 6.47 Å². The largest absolute Gasteiger partial charge is 0.488 e. The number of rotatable bonds is 9. The first-order chi connectivity index (χ1) is 17.2. The summed E-state index contributed by atoms with van der Waals surface area (Å²) in [5.41, 5.74) is 13.2. The van der Waals surface area contributed by atoms with Crippen LogP contribution in [0.15, 0.2) is 66.7 Å². The molecule has 1 aliphatic heterocycles. The number of ether oxygens (including phenoxy) is 2. The van der Waals surface area contributed by atoms with E-state index in [2.05, 4.69) is 47.4 Å². The fourth-order valence-corrected chi connectivity index (χ4v) is 5.45. The van der Waals surface area contributed by atoms with Gasteiger partial charge in [-0.3, -0.25) is 4.79 Å². The van der Waals surface area contributed by atoms with E-state index in [4.69, 9.17) is 15.2 Å². The van der Waals surface area contributed by atoms with Gasteiger partial charge in [-0.2, -0.15) is 0 Å². The molecule has 3 aromatic carbocycles. The molecule has 35 heavy (non-hydrogen) atoms. The van der Waals surface area contributed by atoms with Crippen LogP contribution < -0.4 is 15.4 Å². The van der Waals surface area contributed by atoms with E-state index < -0.39 is 0 Å². The van der Waals surface area contributed by atoms with Crippen LogP contribution in [0.4, 0.5) is 5.69 Å². The maximum atomic E-state index is 10.7. The van der Waals surface area contributed by atoms with Crippen LogP contribution in [-0.4, -0.2) is 19.6 Å². The van der Waals surface area contributed by atoms with Crippen LogP contribution in [-0.2, 0) is 29.3 Å². The van der Waals surface area contributed by atoms with Crippen LogP contribution in [0, 0.1) is 5.41 Å². The van der Waals surface area contributed by atoms with Crippen LogP contribution in [0.25, 0.3) is 11.1 Å². The Morgan fingerprint density at radius 3 is 2.40 bits per heavy atom. The van der Waals surface area contributed by atoms with E-state index in [0.29, 0.717) is 25.0 Å². The van der Waals surface area contributed by atoms with Gasteiger partial charge in [-0.25, -0.2) is 0 Å². The minimum atomic E-state index is 0.201. The van der Waals surface area contributed by atoms with Crippen molar-refractivity contribution in [1.29, 1.82) is 0 Å². The zero-order valence-electron chi connectivity index (χ0n) is 20.2. The van der Waals surface area contributed by atoms with Gasteiger partial charge in [-0.1, -0.05) is 42.8 Å². The van der Waals surface area contributed by atoms with Gasteiger partial charge in [0.2, 0.25) is 0 Å². The predicted octanol–water partition coefficient (Wildman–Crippen LogP) is 5.83. The van der Waals surface area contributed by atoms with Gasteiger partial charge in [0.05, 0.1) is 0 Å². The van der Waals surface area contributed by atoms with Crippen molar-refractivity contribution in [2.75, 3.05) is 18.0 Å². The lowest BCUT2D eigenvalue weighted by Crippen LogP contribution is -2.43. The molecule has 1 spiro atoms. The molecule has 182 valence electrons. The smallest absolute Gasteiger partial charge is 0.293 e. The summed E-state index contributed by atoms with van der Waals surface area (Å²) < 4.78 is 11.2. The summed E-state index contributed by atoms with van der Waals surface area (Å²) >= 11 is 0. The number of benzene rings is 3. The highest BCUT2D eigenvalue weighted by molar-refractivity contribution is 5.70. The quantitative estimate of drug-likeness (QED) is 0.398. The Balaban J connectivity index is 1.41.